The van der Waals surface area contributed by atoms with Crippen LogP contribution in [0.5, 0.6) is 0 Å². The number of carbonyl (C=O) groups excluding carboxylic acids is 1. The van der Waals surface area contributed by atoms with Gasteiger partial charge in [-0.2, -0.15) is 0 Å². The molecule has 0 saturated heterocycles. The zero-order valence-electron chi connectivity index (χ0n) is 8.26. The smallest absolute Gasteiger partial charge is 0.254 e. The van der Waals surface area contributed by atoms with E-state index in [1.54, 1.807) is 0 Å². The Morgan fingerprint density at radius 3 is 2.62 bits per heavy atom. The highest BCUT2D eigenvalue weighted by atomic mass is 35.5. The molecule has 0 unspecified atom stereocenters. The first-order chi connectivity index (χ1) is 7.52. The standard InChI is InChI=1S/C10H9Cl2N3O/c11-7-6(8(12)16)3-4-15(10(7)14)9(13)5-1-2-5/h3-5,13-14H,1-2H2. The lowest BCUT2D eigenvalue weighted by molar-refractivity contribution is 0.108. The first-order valence-corrected chi connectivity index (χ1v) is 5.52. The van der Waals surface area contributed by atoms with E-state index in [1.807, 2.05) is 0 Å². The van der Waals surface area contributed by atoms with E-state index >= 15 is 0 Å². The van der Waals surface area contributed by atoms with E-state index in [9.17, 15) is 4.79 Å². The fourth-order valence-electron chi connectivity index (χ4n) is 1.44. The Bertz CT molecular complexity index is 531. The Hall–Kier alpha value is -1.13. The molecular weight excluding hydrogens is 249 g/mol. The van der Waals surface area contributed by atoms with Crippen LogP contribution in [0.3, 0.4) is 0 Å². The summed E-state index contributed by atoms with van der Waals surface area (Å²) >= 11 is 11.2. The fraction of sp³-hybridized carbons (Fsp3) is 0.300. The summed E-state index contributed by atoms with van der Waals surface area (Å²) in [6.07, 6.45) is 3.43. The second-order valence-corrected chi connectivity index (χ2v) is 4.42. The summed E-state index contributed by atoms with van der Waals surface area (Å²) in [7, 11) is 0. The largest absolute Gasteiger partial charge is 0.289 e. The van der Waals surface area contributed by atoms with E-state index in [2.05, 4.69) is 0 Å². The van der Waals surface area contributed by atoms with E-state index < -0.39 is 5.24 Å². The van der Waals surface area contributed by atoms with Crippen molar-refractivity contribution >= 4 is 34.3 Å². The zero-order valence-corrected chi connectivity index (χ0v) is 9.77. The topological polar surface area (TPSA) is 69.7 Å². The maximum atomic E-state index is 11.0. The van der Waals surface area contributed by atoms with Gasteiger partial charge in [-0.25, -0.2) is 0 Å². The van der Waals surface area contributed by atoms with E-state index in [4.69, 9.17) is 34.0 Å². The van der Waals surface area contributed by atoms with Crippen LogP contribution in [0.15, 0.2) is 12.3 Å². The van der Waals surface area contributed by atoms with Crippen LogP contribution >= 0.6 is 23.2 Å². The molecule has 0 amide bonds. The van der Waals surface area contributed by atoms with Crippen molar-refractivity contribution in [3.8, 4) is 0 Å². The van der Waals surface area contributed by atoms with Crippen molar-refractivity contribution in [1.82, 2.24) is 4.57 Å². The van der Waals surface area contributed by atoms with Crippen LogP contribution in [0.1, 0.15) is 23.2 Å². The molecule has 2 N–H and O–H groups in total. The summed E-state index contributed by atoms with van der Waals surface area (Å²) < 4.78 is 1.38. The number of rotatable bonds is 2. The molecule has 1 aromatic rings. The SMILES string of the molecule is N=C(C1CC1)n1ccc(C(=O)Cl)c(Cl)c1=N. The van der Waals surface area contributed by atoms with Crippen molar-refractivity contribution in [3.05, 3.63) is 28.3 Å². The summed E-state index contributed by atoms with van der Waals surface area (Å²) in [6.45, 7) is 0. The molecule has 16 heavy (non-hydrogen) atoms. The molecule has 6 heteroatoms. The average Bonchev–Trinajstić information content (AvgIpc) is 3.04. The van der Waals surface area contributed by atoms with Crippen molar-refractivity contribution in [2.45, 2.75) is 12.8 Å². The molecule has 1 fully saturated rings. The van der Waals surface area contributed by atoms with Crippen LogP contribution in [-0.2, 0) is 0 Å². The van der Waals surface area contributed by atoms with Crippen LogP contribution in [0.4, 0.5) is 0 Å². The number of nitrogens with zero attached hydrogens (tertiary/aromatic N) is 1. The lowest BCUT2D eigenvalue weighted by Crippen LogP contribution is -2.28. The van der Waals surface area contributed by atoms with Gasteiger partial charge < -0.3 is 0 Å². The molecule has 0 bridgehead atoms. The van der Waals surface area contributed by atoms with Crippen LogP contribution in [0.25, 0.3) is 0 Å². The molecule has 1 saturated carbocycles. The van der Waals surface area contributed by atoms with Crippen molar-refractivity contribution in [2.24, 2.45) is 5.92 Å². The molecule has 0 aromatic carbocycles. The molecular formula is C10H9Cl2N3O. The molecule has 0 radical (unpaired) electrons. The number of pyridine rings is 1. The fourth-order valence-corrected chi connectivity index (χ4v) is 1.88. The third kappa shape index (κ3) is 1.90. The summed E-state index contributed by atoms with van der Waals surface area (Å²) in [4.78, 5) is 11.0. The molecule has 1 aliphatic rings. The molecule has 0 spiro atoms. The van der Waals surface area contributed by atoms with E-state index in [0.29, 0.717) is 5.84 Å². The monoisotopic (exact) mass is 257 g/mol. The average molecular weight is 258 g/mol. The molecule has 0 atom stereocenters. The molecule has 2 rings (SSSR count). The Morgan fingerprint density at radius 1 is 1.50 bits per heavy atom. The van der Waals surface area contributed by atoms with E-state index in [1.165, 1.54) is 16.8 Å². The molecule has 1 heterocycles. The van der Waals surface area contributed by atoms with E-state index in [0.717, 1.165) is 12.8 Å². The minimum atomic E-state index is -0.691. The zero-order chi connectivity index (χ0) is 11.9. The van der Waals surface area contributed by atoms with Crippen LogP contribution in [0, 0.1) is 16.7 Å². The first kappa shape index (κ1) is 11.4. The maximum absolute atomic E-state index is 11.0. The van der Waals surface area contributed by atoms with E-state index in [-0.39, 0.29) is 22.0 Å². The quantitative estimate of drug-likeness (QED) is 0.476. The highest BCUT2D eigenvalue weighted by Crippen LogP contribution is 2.30. The van der Waals surface area contributed by atoms with Gasteiger partial charge in [-0.1, -0.05) is 11.6 Å². The highest BCUT2D eigenvalue weighted by Gasteiger charge is 2.28. The normalized spacial score (nSPS) is 14.9. The predicted octanol–water partition coefficient (Wildman–Crippen LogP) is 2.24. The van der Waals surface area contributed by atoms with Gasteiger partial charge >= 0.3 is 0 Å². The first-order valence-electron chi connectivity index (χ1n) is 4.76. The van der Waals surface area contributed by atoms with Crippen molar-refractivity contribution < 1.29 is 4.79 Å². The minimum absolute atomic E-state index is 0.00657. The maximum Gasteiger partial charge on any atom is 0.254 e. The molecule has 4 nitrogen and oxygen atoms in total. The third-order valence-electron chi connectivity index (χ3n) is 2.51. The number of carbonyl (C=O) groups is 1. The summed E-state index contributed by atoms with van der Waals surface area (Å²) in [6, 6.07) is 1.44. The lowest BCUT2D eigenvalue weighted by Gasteiger charge is -2.09. The van der Waals surface area contributed by atoms with Crippen molar-refractivity contribution in [2.75, 3.05) is 0 Å². The van der Waals surface area contributed by atoms with Crippen LogP contribution in [-0.4, -0.2) is 15.6 Å². The number of halogens is 2. The summed E-state index contributed by atoms with van der Waals surface area (Å²) in [5.74, 6) is 0.559. The highest BCUT2D eigenvalue weighted by molar-refractivity contribution is 6.68. The number of aromatic nitrogens is 1. The number of hydrogen-bond donors (Lipinski definition) is 2. The van der Waals surface area contributed by atoms with Gasteiger partial charge in [0.2, 0.25) is 0 Å². The van der Waals surface area contributed by atoms with Gasteiger partial charge in [0.05, 0.1) is 10.6 Å². The van der Waals surface area contributed by atoms with Crippen LogP contribution in [0.2, 0.25) is 5.02 Å². The van der Waals surface area contributed by atoms with Gasteiger partial charge in [0.1, 0.15) is 11.3 Å². The van der Waals surface area contributed by atoms with Gasteiger partial charge in [0.15, 0.2) is 0 Å². The Kier molecular flexibility index (Phi) is 2.86. The molecule has 84 valence electrons. The Morgan fingerprint density at radius 2 is 2.12 bits per heavy atom. The molecule has 0 aliphatic heterocycles. The van der Waals surface area contributed by atoms with Gasteiger partial charge in [-0.3, -0.25) is 20.2 Å². The minimum Gasteiger partial charge on any atom is -0.289 e. The number of nitrogens with one attached hydrogen (secondary N) is 2. The van der Waals surface area contributed by atoms with Crippen molar-refractivity contribution in [3.63, 3.8) is 0 Å². The van der Waals surface area contributed by atoms with Gasteiger partial charge in [0, 0.05) is 12.1 Å². The summed E-state index contributed by atoms with van der Waals surface area (Å²) in [5.41, 5.74) is 0.0400. The van der Waals surface area contributed by atoms with Gasteiger partial charge in [0.25, 0.3) is 5.24 Å². The lowest BCUT2D eigenvalue weighted by atomic mass is 10.2. The number of hydrogen-bond acceptors (Lipinski definition) is 3. The Labute approximate surface area is 102 Å². The second-order valence-electron chi connectivity index (χ2n) is 3.70. The van der Waals surface area contributed by atoms with Gasteiger partial charge in [-0.15, -0.1) is 0 Å². The molecule has 1 aromatic heterocycles. The second kappa shape index (κ2) is 4.03. The predicted molar refractivity (Wildman–Crippen MR) is 61.3 cm³/mol. The summed E-state index contributed by atoms with van der Waals surface area (Å²) in [5, 5.41) is 14.9. The molecule has 1 aliphatic carbocycles. The van der Waals surface area contributed by atoms with Crippen LogP contribution < -0.4 is 5.49 Å². The van der Waals surface area contributed by atoms with Gasteiger partial charge in [-0.05, 0) is 30.5 Å². The third-order valence-corrected chi connectivity index (χ3v) is 3.10. The van der Waals surface area contributed by atoms with Crippen molar-refractivity contribution in [1.29, 1.82) is 10.8 Å². The Balaban J connectivity index is 2.50.